The van der Waals surface area contributed by atoms with Crippen LogP contribution in [0, 0.1) is 0 Å². The highest BCUT2D eigenvalue weighted by Crippen LogP contribution is 2.11. The summed E-state index contributed by atoms with van der Waals surface area (Å²) in [6.07, 6.45) is 5.46. The zero-order valence-corrected chi connectivity index (χ0v) is 15.8. The maximum Gasteiger partial charge on any atom is 0.269 e. The minimum absolute atomic E-state index is 0.195. The lowest BCUT2D eigenvalue weighted by atomic mass is 10.1. The maximum absolute atomic E-state index is 12.3. The van der Waals surface area contributed by atoms with Crippen LogP contribution >= 0.6 is 11.6 Å². The van der Waals surface area contributed by atoms with Crippen molar-refractivity contribution < 1.29 is 9.59 Å². The summed E-state index contributed by atoms with van der Waals surface area (Å²) >= 11 is 5.96. The van der Waals surface area contributed by atoms with E-state index in [0.717, 1.165) is 11.1 Å². The number of hydrogen-bond donors (Lipinski definition) is 2. The molecular weight excluding hydrogens is 376 g/mol. The monoisotopic (exact) mass is 394 g/mol. The number of halogens is 1. The lowest BCUT2D eigenvalue weighted by Crippen LogP contribution is -2.28. The molecule has 0 radical (unpaired) electrons. The van der Waals surface area contributed by atoms with E-state index in [2.05, 4.69) is 20.6 Å². The molecule has 3 rings (SSSR count). The molecule has 0 aliphatic heterocycles. The highest BCUT2D eigenvalue weighted by atomic mass is 35.5. The van der Waals surface area contributed by atoms with Crippen molar-refractivity contribution in [3.05, 3.63) is 94.5 Å². The van der Waals surface area contributed by atoms with Gasteiger partial charge in [0.15, 0.2) is 0 Å². The number of nitrogens with zero attached hydrogens (tertiary/aromatic N) is 2. The highest BCUT2D eigenvalue weighted by Gasteiger charge is 2.11. The van der Waals surface area contributed by atoms with Gasteiger partial charge in [0.1, 0.15) is 5.69 Å². The smallest absolute Gasteiger partial charge is 0.269 e. The molecule has 0 aliphatic carbocycles. The number of amides is 2. The molecule has 0 atom stereocenters. The van der Waals surface area contributed by atoms with Crippen LogP contribution in [-0.2, 0) is 13.0 Å². The fourth-order valence-corrected chi connectivity index (χ4v) is 2.80. The molecule has 6 nitrogen and oxygen atoms in total. The number of benzene rings is 1. The molecule has 2 aromatic heterocycles. The Hall–Kier alpha value is -3.25. The molecule has 0 spiro atoms. The normalized spacial score (nSPS) is 10.3. The number of rotatable bonds is 7. The van der Waals surface area contributed by atoms with Gasteiger partial charge in [0.2, 0.25) is 0 Å². The van der Waals surface area contributed by atoms with Crippen molar-refractivity contribution in [3.63, 3.8) is 0 Å². The highest BCUT2D eigenvalue weighted by molar-refractivity contribution is 6.30. The predicted octanol–water partition coefficient (Wildman–Crippen LogP) is 3.03. The van der Waals surface area contributed by atoms with E-state index in [1.165, 1.54) is 12.3 Å². The van der Waals surface area contributed by atoms with Crippen LogP contribution in [-0.4, -0.2) is 28.3 Å². The molecule has 2 N–H and O–H groups in total. The van der Waals surface area contributed by atoms with Gasteiger partial charge in [-0.15, -0.1) is 0 Å². The summed E-state index contributed by atoms with van der Waals surface area (Å²) in [5.41, 5.74) is 2.49. The van der Waals surface area contributed by atoms with Crippen LogP contribution in [0.3, 0.4) is 0 Å². The summed E-state index contributed by atoms with van der Waals surface area (Å²) < 4.78 is 0. The third kappa shape index (κ3) is 5.62. The standard InChI is InChI=1S/C21H19ClN4O2/c22-18-5-1-3-15(11-18)6-9-25-21(28)19-12-17(7-10-24-19)20(27)26-14-16-4-2-8-23-13-16/h1-5,7-8,10-13H,6,9,14H2,(H,25,28)(H,26,27). The van der Waals surface area contributed by atoms with E-state index in [0.29, 0.717) is 30.1 Å². The second kappa shape index (κ2) is 9.62. The van der Waals surface area contributed by atoms with Gasteiger partial charge in [-0.3, -0.25) is 19.6 Å². The molecule has 2 amide bonds. The SMILES string of the molecule is O=C(NCc1cccnc1)c1ccnc(C(=O)NCCc2cccc(Cl)c2)c1. The molecule has 0 unspecified atom stereocenters. The molecule has 142 valence electrons. The van der Waals surface area contributed by atoms with E-state index in [-0.39, 0.29) is 17.5 Å². The zero-order valence-electron chi connectivity index (χ0n) is 15.1. The number of hydrogen-bond acceptors (Lipinski definition) is 4. The summed E-state index contributed by atoms with van der Waals surface area (Å²) in [6.45, 7) is 0.800. The topological polar surface area (TPSA) is 84.0 Å². The van der Waals surface area contributed by atoms with E-state index < -0.39 is 0 Å². The van der Waals surface area contributed by atoms with E-state index in [4.69, 9.17) is 11.6 Å². The van der Waals surface area contributed by atoms with E-state index >= 15 is 0 Å². The van der Waals surface area contributed by atoms with Gasteiger partial charge in [0.25, 0.3) is 11.8 Å². The van der Waals surface area contributed by atoms with Crippen molar-refractivity contribution in [1.29, 1.82) is 0 Å². The molecule has 0 aliphatic rings. The van der Waals surface area contributed by atoms with Crippen LogP contribution in [0.5, 0.6) is 0 Å². The second-order valence-electron chi connectivity index (χ2n) is 6.11. The minimum Gasteiger partial charge on any atom is -0.350 e. The maximum atomic E-state index is 12.3. The molecule has 7 heteroatoms. The first-order valence-corrected chi connectivity index (χ1v) is 9.15. The molecule has 3 aromatic rings. The molecular formula is C21H19ClN4O2. The number of carbonyl (C=O) groups excluding carboxylic acids is 2. The van der Waals surface area contributed by atoms with Gasteiger partial charge in [-0.2, -0.15) is 0 Å². The van der Waals surface area contributed by atoms with Crippen LogP contribution in [0.25, 0.3) is 0 Å². The molecule has 0 saturated heterocycles. The molecule has 0 fully saturated rings. The molecule has 0 bridgehead atoms. The van der Waals surface area contributed by atoms with Crippen molar-refractivity contribution in [1.82, 2.24) is 20.6 Å². The van der Waals surface area contributed by atoms with Gasteiger partial charge in [0.05, 0.1) is 0 Å². The van der Waals surface area contributed by atoms with E-state index in [1.54, 1.807) is 30.6 Å². The van der Waals surface area contributed by atoms with Crippen LogP contribution in [0.2, 0.25) is 5.02 Å². The van der Waals surface area contributed by atoms with Crippen molar-refractivity contribution in [2.75, 3.05) is 6.54 Å². The summed E-state index contributed by atoms with van der Waals surface area (Å²) in [7, 11) is 0. The van der Waals surface area contributed by atoms with E-state index in [9.17, 15) is 9.59 Å². The van der Waals surface area contributed by atoms with Gasteiger partial charge < -0.3 is 10.6 Å². The summed E-state index contributed by atoms with van der Waals surface area (Å²) in [6, 6.07) is 14.2. The van der Waals surface area contributed by atoms with Gasteiger partial charge >= 0.3 is 0 Å². The molecule has 28 heavy (non-hydrogen) atoms. The first-order valence-electron chi connectivity index (χ1n) is 8.77. The van der Waals surface area contributed by atoms with Crippen LogP contribution in [0.15, 0.2) is 67.1 Å². The lowest BCUT2D eigenvalue weighted by Gasteiger charge is -2.08. The summed E-state index contributed by atoms with van der Waals surface area (Å²) in [4.78, 5) is 32.7. The fraction of sp³-hybridized carbons (Fsp3) is 0.143. The van der Waals surface area contributed by atoms with Gasteiger partial charge in [-0.25, -0.2) is 0 Å². The third-order valence-corrected chi connectivity index (χ3v) is 4.25. The first kappa shape index (κ1) is 19.5. The van der Waals surface area contributed by atoms with Crippen molar-refractivity contribution >= 4 is 23.4 Å². The number of pyridine rings is 2. The average Bonchev–Trinajstić information content (AvgIpc) is 2.73. The summed E-state index contributed by atoms with van der Waals surface area (Å²) in [5.74, 6) is -0.608. The Morgan fingerprint density at radius 1 is 0.929 bits per heavy atom. The predicted molar refractivity (Wildman–Crippen MR) is 107 cm³/mol. The van der Waals surface area contributed by atoms with Crippen LogP contribution < -0.4 is 10.6 Å². The van der Waals surface area contributed by atoms with Crippen molar-refractivity contribution in [3.8, 4) is 0 Å². The summed E-state index contributed by atoms with van der Waals surface area (Å²) in [5, 5.41) is 6.27. The number of carbonyl (C=O) groups is 2. The van der Waals surface area contributed by atoms with E-state index in [1.807, 2.05) is 24.3 Å². The van der Waals surface area contributed by atoms with Gasteiger partial charge in [-0.05, 0) is 47.9 Å². The second-order valence-corrected chi connectivity index (χ2v) is 6.55. The number of aromatic nitrogens is 2. The van der Waals surface area contributed by atoms with Crippen LogP contribution in [0.4, 0.5) is 0 Å². The van der Waals surface area contributed by atoms with Crippen molar-refractivity contribution in [2.24, 2.45) is 0 Å². The third-order valence-electron chi connectivity index (χ3n) is 4.02. The Kier molecular flexibility index (Phi) is 6.70. The Morgan fingerprint density at radius 2 is 1.79 bits per heavy atom. The largest absolute Gasteiger partial charge is 0.350 e. The quantitative estimate of drug-likeness (QED) is 0.645. The Bertz CT molecular complexity index is 963. The Balaban J connectivity index is 1.54. The zero-order chi connectivity index (χ0) is 19.8. The Labute approximate surface area is 168 Å². The molecule has 1 aromatic carbocycles. The van der Waals surface area contributed by atoms with Crippen LogP contribution in [0.1, 0.15) is 32.0 Å². The van der Waals surface area contributed by atoms with Gasteiger partial charge in [0, 0.05) is 42.3 Å². The molecule has 0 saturated carbocycles. The number of nitrogens with one attached hydrogen (secondary N) is 2. The fourth-order valence-electron chi connectivity index (χ4n) is 2.59. The average molecular weight is 395 g/mol. The first-order chi connectivity index (χ1) is 13.6. The van der Waals surface area contributed by atoms with Crippen molar-refractivity contribution in [2.45, 2.75) is 13.0 Å². The Morgan fingerprint density at radius 3 is 2.57 bits per heavy atom. The molecule has 2 heterocycles. The minimum atomic E-state index is -0.330. The van der Waals surface area contributed by atoms with Gasteiger partial charge in [-0.1, -0.05) is 29.8 Å². The lowest BCUT2D eigenvalue weighted by molar-refractivity contribution is 0.0949.